The third-order valence-corrected chi connectivity index (χ3v) is 8.11. The van der Waals surface area contributed by atoms with E-state index in [-0.39, 0.29) is 66.0 Å². The highest BCUT2D eigenvalue weighted by molar-refractivity contribution is 5.96. The Kier molecular flexibility index (Phi) is 5.31. The number of ether oxygens (including phenoxy) is 1. The first-order chi connectivity index (χ1) is 17.2. The van der Waals surface area contributed by atoms with E-state index in [4.69, 9.17) is 4.74 Å². The molecule has 0 N–H and O–H groups in total. The molecule has 0 spiro atoms. The molecule has 192 valence electrons. The van der Waals surface area contributed by atoms with Crippen LogP contribution in [0.25, 0.3) is 5.65 Å². The van der Waals surface area contributed by atoms with E-state index in [1.807, 2.05) is 0 Å². The van der Waals surface area contributed by atoms with Gasteiger partial charge in [-0.25, -0.2) is 4.98 Å². The van der Waals surface area contributed by atoms with Gasteiger partial charge in [0.25, 0.3) is 5.91 Å². The normalized spacial score (nSPS) is 27.9. The van der Waals surface area contributed by atoms with Gasteiger partial charge in [0.2, 0.25) is 5.91 Å². The van der Waals surface area contributed by atoms with Crippen molar-refractivity contribution in [3.05, 3.63) is 35.3 Å². The van der Waals surface area contributed by atoms with Crippen LogP contribution < -0.4 is 0 Å². The van der Waals surface area contributed by atoms with Gasteiger partial charge in [0.05, 0.1) is 18.1 Å². The van der Waals surface area contributed by atoms with E-state index in [1.165, 1.54) is 15.5 Å². The molecule has 0 radical (unpaired) electrons. The van der Waals surface area contributed by atoms with Crippen molar-refractivity contribution < 1.29 is 32.3 Å². The molecule has 2 unspecified atom stereocenters. The van der Waals surface area contributed by atoms with Gasteiger partial charge in [0.15, 0.2) is 0 Å². The molecule has 4 aliphatic rings. The zero-order valence-electron chi connectivity index (χ0n) is 19.8. The summed E-state index contributed by atoms with van der Waals surface area (Å²) in [4.78, 5) is 45.2. The second-order valence-electron chi connectivity index (χ2n) is 10.4. The van der Waals surface area contributed by atoms with Crippen molar-refractivity contribution >= 4 is 23.4 Å². The third-order valence-electron chi connectivity index (χ3n) is 8.11. The maximum atomic E-state index is 13.7. The first-order valence-corrected chi connectivity index (χ1v) is 12.5. The number of aromatic nitrogens is 2. The Bertz CT molecular complexity index is 1240. The lowest BCUT2D eigenvalue weighted by Crippen LogP contribution is -2.55. The number of halogens is 3. The molecule has 8 nitrogen and oxygen atoms in total. The maximum absolute atomic E-state index is 13.7. The number of imidazole rings is 1. The number of hydrogen-bond acceptors (Lipinski definition) is 5. The van der Waals surface area contributed by atoms with E-state index in [1.54, 1.807) is 18.0 Å². The highest BCUT2D eigenvalue weighted by atomic mass is 19.4. The molecule has 3 saturated carbocycles. The number of hydrogen-bond donors (Lipinski definition) is 0. The lowest BCUT2D eigenvalue weighted by Gasteiger charge is -2.38. The van der Waals surface area contributed by atoms with Crippen LogP contribution in [0.3, 0.4) is 0 Å². The predicted octanol–water partition coefficient (Wildman–Crippen LogP) is 3.10. The summed E-state index contributed by atoms with van der Waals surface area (Å²) in [5, 5.41) is 0. The van der Waals surface area contributed by atoms with Crippen molar-refractivity contribution in [1.29, 1.82) is 0 Å². The Morgan fingerprint density at radius 3 is 2.47 bits per heavy atom. The van der Waals surface area contributed by atoms with Gasteiger partial charge in [-0.15, -0.1) is 0 Å². The topological polar surface area (TPSA) is 84.2 Å². The van der Waals surface area contributed by atoms with Crippen molar-refractivity contribution in [3.8, 4) is 0 Å². The van der Waals surface area contributed by atoms with Crippen LogP contribution >= 0.6 is 0 Å². The van der Waals surface area contributed by atoms with Crippen LogP contribution in [0.2, 0.25) is 0 Å². The minimum absolute atomic E-state index is 0.0424. The fourth-order valence-corrected chi connectivity index (χ4v) is 6.13. The SMILES string of the molecule is CCOC(=O)C1C2CC(N3CCN(C(=O)c4cn5cc(C6CC6)cc(C(F)(F)F)c5n4)CC3=O)CC21. The zero-order valence-corrected chi connectivity index (χ0v) is 19.8. The monoisotopic (exact) mass is 504 g/mol. The van der Waals surface area contributed by atoms with E-state index in [9.17, 15) is 27.6 Å². The Hall–Kier alpha value is -3.11. The van der Waals surface area contributed by atoms with Crippen molar-refractivity contribution in [3.63, 3.8) is 0 Å². The number of alkyl halides is 3. The van der Waals surface area contributed by atoms with Gasteiger partial charge in [-0.3, -0.25) is 14.4 Å². The Morgan fingerprint density at radius 2 is 1.86 bits per heavy atom. The number of esters is 1. The molecule has 3 aliphatic carbocycles. The summed E-state index contributed by atoms with van der Waals surface area (Å²) in [6, 6.07) is 1.18. The van der Waals surface area contributed by atoms with E-state index >= 15 is 0 Å². The molecule has 2 aromatic heterocycles. The van der Waals surface area contributed by atoms with Gasteiger partial charge in [-0.05, 0) is 62.0 Å². The van der Waals surface area contributed by atoms with Crippen LogP contribution in [0, 0.1) is 17.8 Å². The highest BCUT2D eigenvalue weighted by Gasteiger charge is 2.61. The molecular formula is C25H27F3N4O4. The van der Waals surface area contributed by atoms with Crippen LogP contribution in [-0.4, -0.2) is 69.3 Å². The summed E-state index contributed by atoms with van der Waals surface area (Å²) in [6.07, 6.45) is 1.56. The maximum Gasteiger partial charge on any atom is 0.419 e. The number of piperazine rings is 1. The number of rotatable bonds is 5. The van der Waals surface area contributed by atoms with Gasteiger partial charge >= 0.3 is 12.1 Å². The quantitative estimate of drug-likeness (QED) is 0.585. The number of nitrogens with zero attached hydrogens (tertiary/aromatic N) is 4. The number of pyridine rings is 1. The highest BCUT2D eigenvalue weighted by Crippen LogP contribution is 2.59. The minimum Gasteiger partial charge on any atom is -0.466 e. The number of carbonyl (C=O) groups is 3. The lowest BCUT2D eigenvalue weighted by atomic mass is 10.0. The van der Waals surface area contributed by atoms with E-state index in [0.717, 1.165) is 31.7 Å². The van der Waals surface area contributed by atoms with Gasteiger partial charge < -0.3 is 18.9 Å². The standard InChI is InChI=1S/C25H27F3N4O4/c1-2-36-24(35)21-16-8-15(9-17(16)21)32-6-5-30(12-20(32)33)23(34)19-11-31-10-14(13-3-4-13)7-18(22(31)29-19)25(26,27)28/h7,10-11,13,15-17,21H,2-6,8-9,12H2,1H3. The van der Waals surface area contributed by atoms with Crippen LogP contribution in [0.1, 0.15) is 60.1 Å². The molecule has 1 aliphatic heterocycles. The summed E-state index contributed by atoms with van der Waals surface area (Å²) in [5.74, 6) is -0.342. The summed E-state index contributed by atoms with van der Waals surface area (Å²) in [7, 11) is 0. The summed E-state index contributed by atoms with van der Waals surface area (Å²) < 4.78 is 47.5. The van der Waals surface area contributed by atoms with Crippen LogP contribution in [-0.2, 0) is 20.5 Å². The molecule has 0 aromatic carbocycles. The Morgan fingerprint density at radius 1 is 1.14 bits per heavy atom. The zero-order chi connectivity index (χ0) is 25.4. The second-order valence-corrected chi connectivity index (χ2v) is 10.4. The lowest BCUT2D eigenvalue weighted by molar-refractivity contribution is -0.146. The Balaban J connectivity index is 1.14. The predicted molar refractivity (Wildman–Crippen MR) is 120 cm³/mol. The molecule has 3 heterocycles. The number of fused-ring (bicyclic) bond motifs is 2. The van der Waals surface area contributed by atoms with Gasteiger partial charge in [0.1, 0.15) is 17.9 Å². The van der Waals surface area contributed by atoms with Crippen LogP contribution in [0.4, 0.5) is 13.2 Å². The van der Waals surface area contributed by atoms with Gasteiger partial charge in [-0.2, -0.15) is 13.2 Å². The second kappa shape index (κ2) is 8.21. The van der Waals surface area contributed by atoms with Crippen molar-refractivity contribution in [1.82, 2.24) is 19.2 Å². The first-order valence-electron chi connectivity index (χ1n) is 12.5. The number of carbonyl (C=O) groups excluding carboxylic acids is 3. The molecule has 11 heteroatoms. The molecule has 1 saturated heterocycles. The average Bonchev–Trinajstić information content (AvgIpc) is 3.70. The van der Waals surface area contributed by atoms with E-state index in [2.05, 4.69) is 4.98 Å². The fourth-order valence-electron chi connectivity index (χ4n) is 6.13. The minimum atomic E-state index is -4.59. The summed E-state index contributed by atoms with van der Waals surface area (Å²) in [5.41, 5.74) is -0.668. The third kappa shape index (κ3) is 3.92. The molecule has 0 bridgehead atoms. The van der Waals surface area contributed by atoms with E-state index < -0.39 is 17.6 Å². The summed E-state index contributed by atoms with van der Waals surface area (Å²) in [6.45, 7) is 2.64. The van der Waals surface area contributed by atoms with Crippen molar-refractivity contribution in [2.45, 2.75) is 50.7 Å². The summed E-state index contributed by atoms with van der Waals surface area (Å²) >= 11 is 0. The molecule has 4 fully saturated rings. The largest absolute Gasteiger partial charge is 0.466 e. The van der Waals surface area contributed by atoms with Crippen molar-refractivity contribution in [2.75, 3.05) is 26.2 Å². The van der Waals surface area contributed by atoms with E-state index in [0.29, 0.717) is 18.7 Å². The van der Waals surface area contributed by atoms with Crippen LogP contribution in [0.15, 0.2) is 18.5 Å². The molecule has 36 heavy (non-hydrogen) atoms. The molecule has 6 rings (SSSR count). The molecule has 2 atom stereocenters. The molecule has 2 aromatic rings. The fraction of sp³-hybridized carbons (Fsp3) is 0.600. The average molecular weight is 505 g/mol. The molecule has 2 amide bonds. The van der Waals surface area contributed by atoms with Gasteiger partial charge in [-0.1, -0.05) is 0 Å². The number of amides is 2. The smallest absolute Gasteiger partial charge is 0.419 e. The molecular weight excluding hydrogens is 477 g/mol. The Labute approximate surface area is 205 Å². The first kappa shape index (κ1) is 23.3. The van der Waals surface area contributed by atoms with Gasteiger partial charge in [0, 0.05) is 31.5 Å². The van der Waals surface area contributed by atoms with Crippen molar-refractivity contribution in [2.24, 2.45) is 17.8 Å². The van der Waals surface area contributed by atoms with Crippen LogP contribution in [0.5, 0.6) is 0 Å².